The van der Waals surface area contributed by atoms with Crippen LogP contribution in [0.15, 0.2) is 35.8 Å². The molecule has 3 aliphatic rings. The van der Waals surface area contributed by atoms with Crippen molar-refractivity contribution in [2.75, 3.05) is 70.4 Å². The van der Waals surface area contributed by atoms with Crippen LogP contribution in [0.3, 0.4) is 0 Å². The monoisotopic (exact) mass is 703 g/mol. The lowest BCUT2D eigenvalue weighted by atomic mass is 9.98. The van der Waals surface area contributed by atoms with Crippen LogP contribution in [-0.2, 0) is 19.6 Å². The van der Waals surface area contributed by atoms with Crippen LogP contribution < -0.4 is 10.0 Å². The lowest BCUT2D eigenvalue weighted by Crippen LogP contribution is -2.51. The molecule has 0 radical (unpaired) electrons. The minimum atomic E-state index is -3.65. The molecule has 3 saturated heterocycles. The number of carbonyl (C=O) groups excluding carboxylic acids is 3. The van der Waals surface area contributed by atoms with Gasteiger partial charge in [-0.3, -0.25) is 14.3 Å². The average Bonchev–Trinajstić information content (AvgIpc) is 3.45. The highest BCUT2D eigenvalue weighted by molar-refractivity contribution is 7.92. The second-order valence-corrected chi connectivity index (χ2v) is 14.2. The summed E-state index contributed by atoms with van der Waals surface area (Å²) in [6, 6.07) is 5.98. The number of ether oxygens (including phenoxy) is 1. The Bertz CT molecular complexity index is 1700. The summed E-state index contributed by atoms with van der Waals surface area (Å²) >= 11 is 6.27. The van der Waals surface area contributed by atoms with Gasteiger partial charge in [0.15, 0.2) is 5.82 Å². The third-order valence-electron chi connectivity index (χ3n) is 8.72. The number of likely N-dealkylation sites (tertiary alicyclic amines) is 2. The molecule has 3 amide bonds. The number of nitrogens with one attached hydrogen (secondary N) is 2. The Morgan fingerprint density at radius 3 is 2.38 bits per heavy atom. The van der Waals surface area contributed by atoms with E-state index in [4.69, 9.17) is 21.7 Å². The molecule has 2 N–H and O–H groups in total. The summed E-state index contributed by atoms with van der Waals surface area (Å²) in [6.45, 7) is 10.3. The molecule has 1 aromatic heterocycles. The Kier molecular flexibility index (Phi) is 10.8. The molecule has 1 aromatic carbocycles. The first-order valence-corrected chi connectivity index (χ1v) is 18.1. The Hall–Kier alpha value is -4.31. The van der Waals surface area contributed by atoms with Gasteiger partial charge in [-0.1, -0.05) is 18.2 Å². The topological polar surface area (TPSA) is 162 Å². The number of piperazine rings is 1. The summed E-state index contributed by atoms with van der Waals surface area (Å²) in [5, 5.41) is 7.71. The van der Waals surface area contributed by atoms with Crippen molar-refractivity contribution in [3.8, 4) is 0 Å². The Morgan fingerprint density at radius 1 is 1.02 bits per heavy atom. The van der Waals surface area contributed by atoms with Crippen LogP contribution in [0.2, 0.25) is 5.02 Å². The summed E-state index contributed by atoms with van der Waals surface area (Å²) in [4.78, 5) is 50.7. The van der Waals surface area contributed by atoms with Crippen molar-refractivity contribution in [1.82, 2.24) is 34.7 Å². The van der Waals surface area contributed by atoms with Crippen LogP contribution in [-0.4, -0.2) is 127 Å². The highest BCUT2D eigenvalue weighted by Gasteiger charge is 2.34. The third-order valence-corrected chi connectivity index (χ3v) is 9.55. The number of carbonyl (C=O) groups is 3. The lowest BCUT2D eigenvalue weighted by molar-refractivity contribution is -0.131. The molecule has 3 aliphatic heterocycles. The van der Waals surface area contributed by atoms with E-state index in [2.05, 4.69) is 26.3 Å². The van der Waals surface area contributed by atoms with Crippen molar-refractivity contribution in [2.45, 2.75) is 38.6 Å². The summed E-state index contributed by atoms with van der Waals surface area (Å²) in [5.41, 5.74) is 0.954. The van der Waals surface area contributed by atoms with Crippen LogP contribution in [0.5, 0.6) is 0 Å². The number of benzene rings is 1. The first kappa shape index (κ1) is 35.0. The van der Waals surface area contributed by atoms with Gasteiger partial charge in [0.25, 0.3) is 5.91 Å². The maximum absolute atomic E-state index is 14.1. The third kappa shape index (κ3) is 8.21. The zero-order valence-electron chi connectivity index (χ0n) is 27.4. The molecule has 2 aromatic rings. The lowest BCUT2D eigenvalue weighted by Gasteiger charge is -2.37. The zero-order valence-corrected chi connectivity index (χ0v) is 29.0. The molecule has 260 valence electrons. The minimum Gasteiger partial charge on any atom is -0.453 e. The van der Waals surface area contributed by atoms with Gasteiger partial charge >= 0.3 is 6.09 Å². The zero-order chi connectivity index (χ0) is 34.6. The predicted molar refractivity (Wildman–Crippen MR) is 183 cm³/mol. The standard InChI is InChI=1S/C31H42ClN9O6S/c1-21(37-11-7-12-37)34-28-19-26(35-41(28)22(2)38-14-16-39(17-15-38)29(42)20-33-31(44)47-3)27-8-5-6-13-40(27)30(43)24-18-23(32)9-10-25(24)36-48(4,45)46/h9-10,18-19,27,36H,2,5-8,11-17,20H2,1,3-4H3,(H,33,44). The van der Waals surface area contributed by atoms with Crippen LogP contribution in [0.25, 0.3) is 5.82 Å². The number of alkyl carbamates (subject to hydrolysis) is 1. The van der Waals surface area contributed by atoms with Crippen molar-refractivity contribution in [1.29, 1.82) is 0 Å². The van der Waals surface area contributed by atoms with Gasteiger partial charge in [0.2, 0.25) is 15.9 Å². The number of piperidine rings is 1. The van der Waals surface area contributed by atoms with Gasteiger partial charge < -0.3 is 29.7 Å². The number of anilines is 1. The fraction of sp³-hybridized carbons (Fsp3) is 0.516. The second-order valence-electron chi connectivity index (χ2n) is 12.0. The van der Waals surface area contributed by atoms with Crippen LogP contribution in [0, 0.1) is 0 Å². The van der Waals surface area contributed by atoms with E-state index >= 15 is 0 Å². The van der Waals surface area contributed by atoms with E-state index < -0.39 is 22.2 Å². The molecule has 0 aliphatic carbocycles. The molecule has 0 spiro atoms. The molecule has 17 heteroatoms. The minimum absolute atomic E-state index is 0.150. The first-order valence-electron chi connectivity index (χ1n) is 15.9. The first-order chi connectivity index (χ1) is 22.8. The number of aliphatic imine (C=N–C) groups is 1. The summed E-state index contributed by atoms with van der Waals surface area (Å²) in [5.74, 6) is 1.44. The Morgan fingerprint density at radius 2 is 1.73 bits per heavy atom. The van der Waals surface area contributed by atoms with Gasteiger partial charge in [-0.05, 0) is 50.8 Å². The average molecular weight is 704 g/mol. The summed E-state index contributed by atoms with van der Waals surface area (Å²) in [7, 11) is -2.41. The number of hydrogen-bond acceptors (Lipinski definition) is 9. The number of halogens is 1. The van der Waals surface area contributed by atoms with E-state index in [1.54, 1.807) is 14.5 Å². The summed E-state index contributed by atoms with van der Waals surface area (Å²) < 4.78 is 32.9. The second kappa shape index (κ2) is 14.8. The molecular weight excluding hydrogens is 662 g/mol. The van der Waals surface area contributed by atoms with E-state index in [-0.39, 0.29) is 29.6 Å². The molecule has 0 saturated carbocycles. The molecule has 0 bridgehead atoms. The molecule has 15 nitrogen and oxygen atoms in total. The van der Waals surface area contributed by atoms with Gasteiger partial charge in [-0.25, -0.2) is 18.2 Å². The number of methoxy groups -OCH3 is 1. The van der Waals surface area contributed by atoms with Gasteiger partial charge in [0.1, 0.15) is 18.2 Å². The molecule has 4 heterocycles. The van der Waals surface area contributed by atoms with Gasteiger partial charge in [0.05, 0.1) is 36.4 Å². The molecule has 1 unspecified atom stereocenters. The number of sulfonamides is 1. The van der Waals surface area contributed by atoms with Crippen molar-refractivity contribution in [2.24, 2.45) is 4.99 Å². The molecule has 48 heavy (non-hydrogen) atoms. The number of hydrogen-bond donors (Lipinski definition) is 2. The highest BCUT2D eigenvalue weighted by atomic mass is 35.5. The van der Waals surface area contributed by atoms with Crippen molar-refractivity contribution < 1.29 is 27.5 Å². The maximum atomic E-state index is 14.1. The van der Waals surface area contributed by atoms with E-state index in [9.17, 15) is 22.8 Å². The van der Waals surface area contributed by atoms with Crippen molar-refractivity contribution in [3.05, 3.63) is 47.1 Å². The fourth-order valence-corrected chi connectivity index (χ4v) is 6.75. The van der Waals surface area contributed by atoms with Gasteiger partial charge in [0, 0.05) is 56.9 Å². The Balaban J connectivity index is 1.41. The predicted octanol–water partition coefficient (Wildman–Crippen LogP) is 2.96. The van der Waals surface area contributed by atoms with Crippen molar-refractivity contribution in [3.63, 3.8) is 0 Å². The number of rotatable bonds is 9. The van der Waals surface area contributed by atoms with E-state index in [1.165, 1.54) is 25.3 Å². The fourth-order valence-electron chi connectivity index (χ4n) is 6.00. The number of amidine groups is 1. The number of aromatic nitrogens is 2. The maximum Gasteiger partial charge on any atom is 0.407 e. The van der Waals surface area contributed by atoms with Crippen molar-refractivity contribution >= 4 is 62.7 Å². The van der Waals surface area contributed by atoms with Crippen LogP contribution in [0.1, 0.15) is 54.7 Å². The Labute approximate surface area is 285 Å². The quantitative estimate of drug-likeness (QED) is 0.296. The molecule has 3 fully saturated rings. The normalized spacial score (nSPS) is 18.7. The van der Waals surface area contributed by atoms with Crippen LogP contribution >= 0.6 is 11.6 Å². The number of amides is 3. The smallest absolute Gasteiger partial charge is 0.407 e. The molecule has 1 atom stereocenters. The SMILES string of the molecule is C=C(N1CCN(C(=O)CNC(=O)OC)CC1)n1nc(C2CCCCN2C(=O)c2cc(Cl)ccc2NS(C)(=O)=O)cc1N=C(C)N1CCC1. The van der Waals surface area contributed by atoms with E-state index in [0.717, 1.165) is 44.4 Å². The number of nitrogens with zero attached hydrogens (tertiary/aromatic N) is 7. The van der Waals surface area contributed by atoms with E-state index in [1.807, 2.05) is 17.9 Å². The van der Waals surface area contributed by atoms with Crippen LogP contribution in [0.4, 0.5) is 16.3 Å². The molecular formula is C31H42ClN9O6S. The van der Waals surface area contributed by atoms with Gasteiger partial charge in [-0.15, -0.1) is 0 Å². The molecule has 5 rings (SSSR count). The van der Waals surface area contributed by atoms with E-state index in [0.29, 0.717) is 61.5 Å². The largest absolute Gasteiger partial charge is 0.453 e. The van der Waals surface area contributed by atoms with Gasteiger partial charge in [-0.2, -0.15) is 9.78 Å². The summed E-state index contributed by atoms with van der Waals surface area (Å²) in [6.07, 6.45) is 3.77. The highest BCUT2D eigenvalue weighted by Crippen LogP contribution is 2.36.